The van der Waals surface area contributed by atoms with Crippen LogP contribution in [-0.2, 0) is 12.8 Å². The summed E-state index contributed by atoms with van der Waals surface area (Å²) < 4.78 is 0. The van der Waals surface area contributed by atoms with Gasteiger partial charge in [-0.1, -0.05) is 35.4 Å². The summed E-state index contributed by atoms with van der Waals surface area (Å²) in [5.74, 6) is -0.343. The number of hydrogen-bond donors (Lipinski definition) is 2. The SMILES string of the molecule is Cc1ccc(NC(=O)c2c(NC(=O)c3cccc(C)c3)sc3c2CCCC3)cc1. The van der Waals surface area contributed by atoms with Crippen molar-refractivity contribution in [2.75, 3.05) is 10.6 Å². The van der Waals surface area contributed by atoms with E-state index >= 15 is 0 Å². The van der Waals surface area contributed by atoms with Gasteiger partial charge in [-0.15, -0.1) is 11.3 Å². The van der Waals surface area contributed by atoms with Crippen LogP contribution < -0.4 is 10.6 Å². The molecule has 1 heterocycles. The lowest BCUT2D eigenvalue weighted by Gasteiger charge is -2.13. The molecule has 1 aliphatic carbocycles. The Hall–Kier alpha value is -2.92. The first-order valence-electron chi connectivity index (χ1n) is 9.92. The van der Waals surface area contributed by atoms with Crippen LogP contribution in [0.3, 0.4) is 0 Å². The highest BCUT2D eigenvalue weighted by Gasteiger charge is 2.26. The fourth-order valence-electron chi connectivity index (χ4n) is 3.69. The third-order valence-electron chi connectivity index (χ3n) is 5.22. The van der Waals surface area contributed by atoms with Crippen LogP contribution in [0.15, 0.2) is 48.5 Å². The Kier molecular flexibility index (Phi) is 5.49. The number of hydrogen-bond acceptors (Lipinski definition) is 3. The number of fused-ring (bicyclic) bond motifs is 1. The first kappa shape index (κ1) is 19.4. The van der Waals surface area contributed by atoms with Crippen LogP contribution in [0.5, 0.6) is 0 Å². The summed E-state index contributed by atoms with van der Waals surface area (Å²) in [4.78, 5) is 27.2. The Labute approximate surface area is 175 Å². The van der Waals surface area contributed by atoms with Gasteiger partial charge in [0.05, 0.1) is 5.56 Å². The number of amides is 2. The number of benzene rings is 2. The van der Waals surface area contributed by atoms with Crippen molar-refractivity contribution in [3.8, 4) is 0 Å². The Morgan fingerprint density at radius 2 is 1.62 bits per heavy atom. The van der Waals surface area contributed by atoms with Crippen molar-refractivity contribution in [1.29, 1.82) is 0 Å². The van der Waals surface area contributed by atoms with Crippen molar-refractivity contribution in [1.82, 2.24) is 0 Å². The molecule has 5 heteroatoms. The number of rotatable bonds is 4. The average molecular weight is 405 g/mol. The highest BCUT2D eigenvalue weighted by Crippen LogP contribution is 2.38. The van der Waals surface area contributed by atoms with Crippen molar-refractivity contribution in [3.63, 3.8) is 0 Å². The Balaban J connectivity index is 1.65. The zero-order valence-electron chi connectivity index (χ0n) is 16.7. The van der Waals surface area contributed by atoms with Crippen LogP contribution >= 0.6 is 11.3 Å². The van der Waals surface area contributed by atoms with Gasteiger partial charge in [-0.3, -0.25) is 9.59 Å². The van der Waals surface area contributed by atoms with E-state index in [1.165, 1.54) is 16.2 Å². The zero-order valence-corrected chi connectivity index (χ0v) is 17.5. The molecule has 0 saturated heterocycles. The fourth-order valence-corrected chi connectivity index (χ4v) is 4.97. The molecule has 2 aromatic carbocycles. The van der Waals surface area contributed by atoms with Gasteiger partial charge in [-0.25, -0.2) is 0 Å². The van der Waals surface area contributed by atoms with Crippen LogP contribution in [0.25, 0.3) is 0 Å². The first-order valence-corrected chi connectivity index (χ1v) is 10.7. The second-order valence-electron chi connectivity index (χ2n) is 7.56. The van der Waals surface area contributed by atoms with Gasteiger partial charge in [-0.2, -0.15) is 0 Å². The zero-order chi connectivity index (χ0) is 20.4. The lowest BCUT2D eigenvalue weighted by Crippen LogP contribution is -2.18. The molecule has 4 rings (SSSR count). The first-order chi connectivity index (χ1) is 14.0. The average Bonchev–Trinajstić information content (AvgIpc) is 3.07. The molecular formula is C24H24N2O2S. The smallest absolute Gasteiger partial charge is 0.258 e. The summed E-state index contributed by atoms with van der Waals surface area (Å²) in [7, 11) is 0. The van der Waals surface area contributed by atoms with Gasteiger partial charge in [0.1, 0.15) is 5.00 Å². The molecular weight excluding hydrogens is 380 g/mol. The molecule has 29 heavy (non-hydrogen) atoms. The van der Waals surface area contributed by atoms with E-state index in [-0.39, 0.29) is 11.8 Å². The van der Waals surface area contributed by atoms with Crippen molar-refractivity contribution < 1.29 is 9.59 Å². The van der Waals surface area contributed by atoms with Gasteiger partial charge in [0.15, 0.2) is 0 Å². The van der Waals surface area contributed by atoms with Gasteiger partial charge in [-0.05, 0) is 69.4 Å². The van der Waals surface area contributed by atoms with Crippen molar-refractivity contribution >= 4 is 33.8 Å². The summed E-state index contributed by atoms with van der Waals surface area (Å²) in [6.07, 6.45) is 4.03. The van der Waals surface area contributed by atoms with Gasteiger partial charge >= 0.3 is 0 Å². The number of aryl methyl sites for hydroxylation is 3. The minimum Gasteiger partial charge on any atom is -0.322 e. The number of thiophene rings is 1. The van der Waals surface area contributed by atoms with Crippen LogP contribution in [0.4, 0.5) is 10.7 Å². The number of carbonyl (C=O) groups is 2. The molecule has 1 aromatic heterocycles. The Morgan fingerprint density at radius 3 is 2.38 bits per heavy atom. The van der Waals surface area contributed by atoms with Crippen molar-refractivity contribution in [3.05, 3.63) is 81.2 Å². The molecule has 0 atom stereocenters. The summed E-state index contributed by atoms with van der Waals surface area (Å²) in [5, 5.41) is 6.65. The lowest BCUT2D eigenvalue weighted by atomic mass is 9.95. The van der Waals surface area contributed by atoms with Crippen LogP contribution in [-0.4, -0.2) is 11.8 Å². The molecule has 3 aromatic rings. The Morgan fingerprint density at radius 1 is 0.862 bits per heavy atom. The van der Waals surface area contributed by atoms with E-state index in [1.54, 1.807) is 6.07 Å². The summed E-state index contributed by atoms with van der Waals surface area (Å²) in [6, 6.07) is 15.2. The Bertz CT molecular complexity index is 1070. The minimum atomic E-state index is -0.184. The molecule has 0 unspecified atom stereocenters. The van der Waals surface area contributed by atoms with E-state index in [4.69, 9.17) is 0 Å². The molecule has 0 spiro atoms. The summed E-state index contributed by atoms with van der Waals surface area (Å²) in [5.41, 5.74) is 5.23. The topological polar surface area (TPSA) is 58.2 Å². The van der Waals surface area contributed by atoms with Crippen LogP contribution in [0, 0.1) is 13.8 Å². The molecule has 0 radical (unpaired) electrons. The van der Waals surface area contributed by atoms with Gasteiger partial charge in [0.25, 0.3) is 11.8 Å². The third-order valence-corrected chi connectivity index (χ3v) is 6.42. The van der Waals surface area contributed by atoms with Gasteiger partial charge in [0.2, 0.25) is 0 Å². The predicted molar refractivity (Wildman–Crippen MR) is 119 cm³/mol. The molecule has 2 N–H and O–H groups in total. The summed E-state index contributed by atoms with van der Waals surface area (Å²) >= 11 is 1.54. The standard InChI is InChI=1S/C24H24N2O2S/c1-15-10-12-18(13-11-15)25-23(28)21-19-8-3-4-9-20(19)29-24(21)26-22(27)17-7-5-6-16(2)14-17/h5-7,10-14H,3-4,8-9H2,1-2H3,(H,25,28)(H,26,27). The summed E-state index contributed by atoms with van der Waals surface area (Å²) in [6.45, 7) is 3.97. The predicted octanol–water partition coefficient (Wildman–Crippen LogP) is 5.75. The number of anilines is 2. The highest BCUT2D eigenvalue weighted by molar-refractivity contribution is 7.17. The van der Waals surface area contributed by atoms with Crippen molar-refractivity contribution in [2.24, 2.45) is 0 Å². The third kappa shape index (κ3) is 4.25. The van der Waals surface area contributed by atoms with Crippen LogP contribution in [0.2, 0.25) is 0 Å². The minimum absolute atomic E-state index is 0.159. The maximum absolute atomic E-state index is 13.2. The highest BCUT2D eigenvalue weighted by atomic mass is 32.1. The number of nitrogens with one attached hydrogen (secondary N) is 2. The lowest BCUT2D eigenvalue weighted by molar-refractivity contribution is 0.102. The number of carbonyl (C=O) groups excluding carboxylic acids is 2. The molecule has 0 saturated carbocycles. The van der Waals surface area contributed by atoms with Crippen LogP contribution in [0.1, 0.15) is 55.1 Å². The van der Waals surface area contributed by atoms with Gasteiger partial charge in [0, 0.05) is 16.1 Å². The molecule has 4 nitrogen and oxygen atoms in total. The molecule has 1 aliphatic rings. The van der Waals surface area contributed by atoms with E-state index in [0.29, 0.717) is 16.1 Å². The second-order valence-corrected chi connectivity index (χ2v) is 8.66. The quantitative estimate of drug-likeness (QED) is 0.582. The molecule has 2 amide bonds. The molecule has 148 valence electrons. The maximum Gasteiger partial charge on any atom is 0.258 e. The van der Waals surface area contributed by atoms with Gasteiger partial charge < -0.3 is 10.6 Å². The normalized spacial score (nSPS) is 12.9. The monoisotopic (exact) mass is 404 g/mol. The van der Waals surface area contributed by atoms with E-state index in [0.717, 1.165) is 48.1 Å². The van der Waals surface area contributed by atoms with E-state index < -0.39 is 0 Å². The molecule has 0 bridgehead atoms. The molecule has 0 aliphatic heterocycles. The largest absolute Gasteiger partial charge is 0.322 e. The molecule has 0 fully saturated rings. The maximum atomic E-state index is 13.2. The van der Waals surface area contributed by atoms with E-state index in [2.05, 4.69) is 10.6 Å². The second kappa shape index (κ2) is 8.21. The fraction of sp³-hybridized carbons (Fsp3) is 0.250. The van der Waals surface area contributed by atoms with Crippen molar-refractivity contribution in [2.45, 2.75) is 39.5 Å². The van der Waals surface area contributed by atoms with E-state index in [9.17, 15) is 9.59 Å². The van der Waals surface area contributed by atoms with E-state index in [1.807, 2.05) is 56.3 Å².